The minimum atomic E-state index is 0.134. The molecule has 2 aliphatic rings. The maximum absolute atomic E-state index is 6.03. The predicted octanol–water partition coefficient (Wildman–Crippen LogP) is 2.94. The summed E-state index contributed by atoms with van der Waals surface area (Å²) in [6.07, 6.45) is 7.91. The van der Waals surface area contributed by atoms with Gasteiger partial charge >= 0.3 is 0 Å². The molecule has 5 nitrogen and oxygen atoms in total. The Bertz CT molecular complexity index is 647. The number of rotatable bonds is 2. The average molecular weight is 300 g/mol. The van der Waals surface area contributed by atoms with E-state index in [0.29, 0.717) is 6.04 Å². The zero-order chi connectivity index (χ0) is 14.9. The first kappa shape index (κ1) is 14.2. The molecule has 2 atom stereocenters. The van der Waals surface area contributed by atoms with E-state index in [1.54, 1.807) is 0 Å². The third-order valence-electron chi connectivity index (χ3n) is 4.91. The Morgan fingerprint density at radius 2 is 2.18 bits per heavy atom. The molecule has 2 unspecified atom stereocenters. The molecule has 4 heterocycles. The standard InChI is InChI=1S/C17H24N4O/c1-20-10-5-6-13(12-20)21-16-14(7-4-9-18-16)19-17(21)15-8-2-3-11-22-15/h4,7,9,13,15H,2-3,5-6,8,10-12H2,1H3. The van der Waals surface area contributed by atoms with Crippen molar-refractivity contribution in [2.24, 2.45) is 0 Å². The highest BCUT2D eigenvalue weighted by Crippen LogP contribution is 2.33. The van der Waals surface area contributed by atoms with Crippen LogP contribution in [0.2, 0.25) is 0 Å². The Morgan fingerprint density at radius 1 is 1.23 bits per heavy atom. The van der Waals surface area contributed by atoms with Crippen LogP contribution in [0.25, 0.3) is 11.2 Å². The van der Waals surface area contributed by atoms with Crippen LogP contribution in [0, 0.1) is 0 Å². The summed E-state index contributed by atoms with van der Waals surface area (Å²) in [5, 5.41) is 0. The maximum atomic E-state index is 6.03. The number of fused-ring (bicyclic) bond motifs is 1. The van der Waals surface area contributed by atoms with Crippen molar-refractivity contribution in [3.05, 3.63) is 24.2 Å². The Morgan fingerprint density at radius 3 is 3.00 bits per heavy atom. The van der Waals surface area contributed by atoms with Gasteiger partial charge < -0.3 is 14.2 Å². The minimum absolute atomic E-state index is 0.134. The molecule has 2 aromatic heterocycles. The highest BCUT2D eigenvalue weighted by atomic mass is 16.5. The molecule has 0 aromatic carbocycles. The molecule has 0 aliphatic carbocycles. The number of pyridine rings is 1. The van der Waals surface area contributed by atoms with Crippen molar-refractivity contribution in [1.82, 2.24) is 19.4 Å². The van der Waals surface area contributed by atoms with Crippen LogP contribution in [-0.4, -0.2) is 46.2 Å². The second-order valence-electron chi connectivity index (χ2n) is 6.60. The van der Waals surface area contributed by atoms with E-state index in [1.165, 1.54) is 32.2 Å². The highest BCUT2D eigenvalue weighted by Gasteiger charge is 2.29. The van der Waals surface area contributed by atoms with Gasteiger partial charge in [-0.05, 0) is 57.8 Å². The Balaban J connectivity index is 1.78. The van der Waals surface area contributed by atoms with Gasteiger partial charge in [-0.15, -0.1) is 0 Å². The van der Waals surface area contributed by atoms with Crippen molar-refractivity contribution in [3.63, 3.8) is 0 Å². The Labute approximate surface area is 131 Å². The normalized spacial score (nSPS) is 27.3. The van der Waals surface area contributed by atoms with Crippen molar-refractivity contribution < 1.29 is 4.74 Å². The van der Waals surface area contributed by atoms with Crippen LogP contribution < -0.4 is 0 Å². The van der Waals surface area contributed by atoms with Crippen molar-refractivity contribution >= 4 is 11.2 Å². The second kappa shape index (κ2) is 5.97. The predicted molar refractivity (Wildman–Crippen MR) is 85.8 cm³/mol. The molecule has 5 heteroatoms. The van der Waals surface area contributed by atoms with Gasteiger partial charge in [0.05, 0.1) is 0 Å². The molecule has 0 saturated carbocycles. The molecule has 2 aliphatic heterocycles. The number of likely N-dealkylation sites (tertiary alicyclic amines) is 1. The summed E-state index contributed by atoms with van der Waals surface area (Å²) >= 11 is 0. The first-order valence-corrected chi connectivity index (χ1v) is 8.46. The quantitative estimate of drug-likeness (QED) is 0.855. The lowest BCUT2D eigenvalue weighted by Crippen LogP contribution is -2.34. The van der Waals surface area contributed by atoms with E-state index in [9.17, 15) is 0 Å². The molecule has 4 rings (SSSR count). The number of imidazole rings is 1. The van der Waals surface area contributed by atoms with E-state index < -0.39 is 0 Å². The number of nitrogens with zero attached hydrogens (tertiary/aromatic N) is 4. The van der Waals surface area contributed by atoms with Crippen LogP contribution in [0.15, 0.2) is 18.3 Å². The van der Waals surface area contributed by atoms with Crippen molar-refractivity contribution in [3.8, 4) is 0 Å². The molecule has 2 saturated heterocycles. The van der Waals surface area contributed by atoms with E-state index in [2.05, 4.69) is 27.6 Å². The largest absolute Gasteiger partial charge is 0.370 e. The van der Waals surface area contributed by atoms with E-state index in [1.807, 2.05) is 12.3 Å². The topological polar surface area (TPSA) is 43.2 Å². The number of hydrogen-bond acceptors (Lipinski definition) is 4. The third-order valence-corrected chi connectivity index (χ3v) is 4.91. The summed E-state index contributed by atoms with van der Waals surface area (Å²) in [7, 11) is 2.20. The van der Waals surface area contributed by atoms with Gasteiger partial charge in [0.2, 0.25) is 0 Å². The van der Waals surface area contributed by atoms with Crippen molar-refractivity contribution in [1.29, 1.82) is 0 Å². The maximum Gasteiger partial charge on any atom is 0.160 e. The number of likely N-dealkylation sites (N-methyl/N-ethyl adjacent to an activating group) is 1. The van der Waals surface area contributed by atoms with Crippen LogP contribution in [0.3, 0.4) is 0 Å². The van der Waals surface area contributed by atoms with Gasteiger partial charge in [0.15, 0.2) is 5.65 Å². The van der Waals surface area contributed by atoms with Crippen LogP contribution in [0.5, 0.6) is 0 Å². The van der Waals surface area contributed by atoms with Gasteiger partial charge in [0.1, 0.15) is 17.4 Å². The number of hydrogen-bond donors (Lipinski definition) is 0. The van der Waals surface area contributed by atoms with E-state index >= 15 is 0 Å². The van der Waals surface area contributed by atoms with E-state index in [-0.39, 0.29) is 6.10 Å². The Hall–Kier alpha value is -1.46. The summed E-state index contributed by atoms with van der Waals surface area (Å²) in [6, 6.07) is 4.50. The SMILES string of the molecule is CN1CCCC(n2c(C3CCCCO3)nc3cccnc32)C1. The fourth-order valence-corrected chi connectivity index (χ4v) is 3.83. The molecule has 2 aromatic rings. The molecule has 0 radical (unpaired) electrons. The lowest BCUT2D eigenvalue weighted by Gasteiger charge is -2.33. The lowest BCUT2D eigenvalue weighted by molar-refractivity contribution is 0.00588. The number of aromatic nitrogens is 3. The van der Waals surface area contributed by atoms with Gasteiger partial charge in [0.25, 0.3) is 0 Å². The monoisotopic (exact) mass is 300 g/mol. The van der Waals surface area contributed by atoms with Gasteiger partial charge in [-0.1, -0.05) is 0 Å². The van der Waals surface area contributed by atoms with Gasteiger partial charge in [-0.2, -0.15) is 0 Å². The zero-order valence-corrected chi connectivity index (χ0v) is 13.2. The first-order chi connectivity index (χ1) is 10.8. The zero-order valence-electron chi connectivity index (χ0n) is 13.2. The average Bonchev–Trinajstić information content (AvgIpc) is 2.95. The van der Waals surface area contributed by atoms with Crippen LogP contribution in [0.1, 0.15) is 50.1 Å². The summed E-state index contributed by atoms with van der Waals surface area (Å²) in [6.45, 7) is 3.11. The summed E-state index contributed by atoms with van der Waals surface area (Å²) < 4.78 is 8.40. The molecule has 118 valence electrons. The minimum Gasteiger partial charge on any atom is -0.370 e. The molecule has 0 amide bonds. The molecule has 22 heavy (non-hydrogen) atoms. The molecular formula is C17H24N4O. The first-order valence-electron chi connectivity index (χ1n) is 8.46. The van der Waals surface area contributed by atoms with E-state index in [4.69, 9.17) is 9.72 Å². The fourth-order valence-electron chi connectivity index (χ4n) is 3.83. The summed E-state index contributed by atoms with van der Waals surface area (Å²) in [4.78, 5) is 11.9. The smallest absolute Gasteiger partial charge is 0.160 e. The summed E-state index contributed by atoms with van der Waals surface area (Å²) in [5.74, 6) is 1.09. The third kappa shape index (κ3) is 2.52. The van der Waals surface area contributed by atoms with Crippen molar-refractivity contribution in [2.75, 3.05) is 26.7 Å². The molecule has 0 bridgehead atoms. The lowest BCUT2D eigenvalue weighted by atomic mass is 10.0. The van der Waals surface area contributed by atoms with Gasteiger partial charge in [0, 0.05) is 25.4 Å². The second-order valence-corrected chi connectivity index (χ2v) is 6.60. The molecule has 0 N–H and O–H groups in total. The number of piperidine rings is 1. The molecule has 0 spiro atoms. The van der Waals surface area contributed by atoms with Gasteiger partial charge in [-0.25, -0.2) is 9.97 Å². The van der Waals surface area contributed by atoms with Crippen molar-refractivity contribution in [2.45, 2.75) is 44.2 Å². The van der Waals surface area contributed by atoms with E-state index in [0.717, 1.165) is 36.6 Å². The highest BCUT2D eigenvalue weighted by molar-refractivity contribution is 5.71. The van der Waals surface area contributed by atoms with Gasteiger partial charge in [-0.3, -0.25) is 0 Å². The Kier molecular flexibility index (Phi) is 3.84. The fraction of sp³-hybridized carbons (Fsp3) is 0.647. The van der Waals surface area contributed by atoms with Crippen LogP contribution >= 0.6 is 0 Å². The van der Waals surface area contributed by atoms with Crippen LogP contribution in [0.4, 0.5) is 0 Å². The molecule has 2 fully saturated rings. The number of ether oxygens (including phenoxy) is 1. The molecular weight excluding hydrogens is 276 g/mol. The summed E-state index contributed by atoms with van der Waals surface area (Å²) in [5.41, 5.74) is 2.02. The van der Waals surface area contributed by atoms with Crippen LogP contribution in [-0.2, 0) is 4.74 Å².